The fourth-order valence-corrected chi connectivity index (χ4v) is 5.78. The van der Waals surface area contributed by atoms with Crippen LogP contribution in [0.1, 0.15) is 29.7 Å². The van der Waals surface area contributed by atoms with Crippen LogP contribution in [0.15, 0.2) is 76.4 Å². The van der Waals surface area contributed by atoms with Crippen molar-refractivity contribution in [1.29, 1.82) is 5.26 Å². The Balaban J connectivity index is 1.63. The molecule has 0 aliphatic carbocycles. The Bertz CT molecular complexity index is 1860. The van der Waals surface area contributed by atoms with Crippen LogP contribution in [-0.4, -0.2) is 37.8 Å². The van der Waals surface area contributed by atoms with Crippen molar-refractivity contribution >= 4 is 27.6 Å². The second-order valence-electron chi connectivity index (χ2n) is 10.1. The van der Waals surface area contributed by atoms with E-state index in [0.717, 1.165) is 35.7 Å². The van der Waals surface area contributed by atoms with Gasteiger partial charge in [0.05, 0.1) is 17.8 Å². The third-order valence-electron chi connectivity index (χ3n) is 7.63. The summed E-state index contributed by atoms with van der Waals surface area (Å²) < 4.78 is 4.55. The van der Waals surface area contributed by atoms with Crippen LogP contribution in [-0.2, 0) is 20.1 Å². The lowest BCUT2D eigenvalue weighted by atomic mass is 10.1. The highest BCUT2D eigenvalue weighted by atomic mass is 16.2. The molecule has 9 nitrogen and oxygen atoms in total. The molecule has 1 aliphatic heterocycles. The topological polar surface area (TPSA) is 115 Å². The van der Waals surface area contributed by atoms with Crippen LogP contribution in [0.25, 0.3) is 21.8 Å². The Kier molecular flexibility index (Phi) is 6.25. The summed E-state index contributed by atoms with van der Waals surface area (Å²) in [4.78, 5) is 34.5. The smallest absolute Gasteiger partial charge is 0.331 e. The van der Waals surface area contributed by atoms with E-state index < -0.39 is 11.2 Å². The van der Waals surface area contributed by atoms with E-state index in [2.05, 4.69) is 16.0 Å². The van der Waals surface area contributed by atoms with E-state index in [0.29, 0.717) is 41.2 Å². The summed E-state index contributed by atoms with van der Waals surface area (Å²) in [6, 6.07) is 21.8. The molecule has 1 aliphatic rings. The highest BCUT2D eigenvalue weighted by Crippen LogP contribution is 2.33. The number of benzene rings is 2. The van der Waals surface area contributed by atoms with Crippen molar-refractivity contribution in [3.63, 3.8) is 0 Å². The number of aryl methyl sites for hydroxylation is 1. The molecule has 0 radical (unpaired) electrons. The zero-order valence-electron chi connectivity index (χ0n) is 21.7. The van der Waals surface area contributed by atoms with Crippen molar-refractivity contribution in [2.24, 2.45) is 12.8 Å². The average molecular weight is 520 g/mol. The highest BCUT2D eigenvalue weighted by molar-refractivity contribution is 5.90. The molecule has 6 rings (SSSR count). The van der Waals surface area contributed by atoms with Crippen LogP contribution in [0.3, 0.4) is 0 Å². The summed E-state index contributed by atoms with van der Waals surface area (Å²) in [6.07, 6.45) is 3.48. The van der Waals surface area contributed by atoms with Crippen LogP contribution in [0.4, 0.5) is 5.82 Å². The van der Waals surface area contributed by atoms with Gasteiger partial charge in [0.1, 0.15) is 23.0 Å². The second-order valence-corrected chi connectivity index (χ2v) is 10.1. The van der Waals surface area contributed by atoms with Crippen molar-refractivity contribution in [3.8, 4) is 6.07 Å². The normalized spacial score (nSPS) is 15.6. The number of nitriles is 1. The Hall–Kier alpha value is -4.68. The number of fused-ring (bicyclic) bond motifs is 2. The third-order valence-corrected chi connectivity index (χ3v) is 7.63. The lowest BCUT2D eigenvalue weighted by Crippen LogP contribution is -2.44. The van der Waals surface area contributed by atoms with Crippen molar-refractivity contribution in [2.45, 2.75) is 32.0 Å². The molecule has 1 atom stereocenters. The predicted octanol–water partition coefficient (Wildman–Crippen LogP) is 2.95. The largest absolute Gasteiger partial charge is 0.355 e. The van der Waals surface area contributed by atoms with Crippen LogP contribution in [0.2, 0.25) is 0 Å². The minimum absolute atomic E-state index is 0.0190. The van der Waals surface area contributed by atoms with Gasteiger partial charge in [-0.05, 0) is 29.9 Å². The average Bonchev–Trinajstić information content (AvgIpc) is 3.28. The summed E-state index contributed by atoms with van der Waals surface area (Å²) in [7, 11) is 1.62. The van der Waals surface area contributed by atoms with Crippen molar-refractivity contribution in [2.75, 3.05) is 18.0 Å². The molecule has 0 bridgehead atoms. The first kappa shape index (κ1) is 24.6. The first-order valence-corrected chi connectivity index (χ1v) is 13.1. The number of hydrogen-bond acceptors (Lipinski definition) is 6. The van der Waals surface area contributed by atoms with Crippen LogP contribution >= 0.6 is 0 Å². The SMILES string of the molecule is Cn1c(=O)n(Cc2nccc3ccccc23)c(=O)c2c1c(C#N)c(N1CCCC(N)C1)n2Cc1ccccc1. The number of piperidine rings is 1. The van der Waals surface area contributed by atoms with E-state index in [9.17, 15) is 14.9 Å². The molecule has 5 aromatic rings. The number of aromatic nitrogens is 4. The maximum atomic E-state index is 14.2. The fraction of sp³-hybridized carbons (Fsp3) is 0.267. The quantitative estimate of drug-likeness (QED) is 0.382. The van der Waals surface area contributed by atoms with E-state index >= 15 is 0 Å². The molecule has 3 aromatic heterocycles. The summed E-state index contributed by atoms with van der Waals surface area (Å²) in [5, 5.41) is 12.2. The monoisotopic (exact) mass is 519 g/mol. The minimum atomic E-state index is -0.488. The molecule has 2 aromatic carbocycles. The molecule has 9 heteroatoms. The zero-order chi connectivity index (χ0) is 27.1. The zero-order valence-corrected chi connectivity index (χ0v) is 21.7. The number of anilines is 1. The first-order valence-electron chi connectivity index (χ1n) is 13.1. The number of pyridine rings is 1. The van der Waals surface area contributed by atoms with E-state index in [1.54, 1.807) is 13.2 Å². The van der Waals surface area contributed by atoms with Gasteiger partial charge in [-0.25, -0.2) is 4.79 Å². The number of rotatable bonds is 5. The number of nitrogens with zero attached hydrogens (tertiary/aromatic N) is 6. The maximum Gasteiger partial charge on any atom is 0.331 e. The standard InChI is InChI=1S/C30H29N7O2/c1-34-26-24(16-31)28(35-15-7-11-22(32)18-35)36(17-20-8-3-2-4-9-20)27(26)29(38)37(30(34)39)19-25-23-12-6-5-10-21(23)13-14-33-25/h2-6,8-10,12-14,22H,7,11,15,17-19,32H2,1H3. The summed E-state index contributed by atoms with van der Waals surface area (Å²) in [6.45, 7) is 1.68. The Morgan fingerprint density at radius 1 is 1.00 bits per heavy atom. The van der Waals surface area contributed by atoms with Gasteiger partial charge in [0.15, 0.2) is 0 Å². The highest BCUT2D eigenvalue weighted by Gasteiger charge is 2.30. The molecule has 0 spiro atoms. The van der Waals surface area contributed by atoms with E-state index in [-0.39, 0.29) is 12.6 Å². The van der Waals surface area contributed by atoms with Gasteiger partial charge in [-0.2, -0.15) is 5.26 Å². The van der Waals surface area contributed by atoms with Gasteiger partial charge >= 0.3 is 5.69 Å². The van der Waals surface area contributed by atoms with Gasteiger partial charge in [0.2, 0.25) is 0 Å². The molecule has 0 amide bonds. The molecule has 4 heterocycles. The van der Waals surface area contributed by atoms with Crippen molar-refractivity contribution in [3.05, 3.63) is 105 Å². The molecule has 0 saturated carbocycles. The van der Waals surface area contributed by atoms with Crippen molar-refractivity contribution < 1.29 is 0 Å². The van der Waals surface area contributed by atoms with Gasteiger partial charge < -0.3 is 15.2 Å². The van der Waals surface area contributed by atoms with Gasteiger partial charge in [0, 0.05) is 44.3 Å². The molecule has 39 heavy (non-hydrogen) atoms. The van der Waals surface area contributed by atoms with Crippen LogP contribution in [0, 0.1) is 11.3 Å². The van der Waals surface area contributed by atoms with Gasteiger partial charge in [-0.15, -0.1) is 0 Å². The summed E-state index contributed by atoms with van der Waals surface area (Å²) in [5.74, 6) is 0.639. The Morgan fingerprint density at radius 2 is 1.77 bits per heavy atom. The van der Waals surface area contributed by atoms with Crippen LogP contribution < -0.4 is 21.9 Å². The molecular formula is C30H29N7O2. The first-order chi connectivity index (χ1) is 19.0. The van der Waals surface area contributed by atoms with E-state index in [1.165, 1.54) is 9.13 Å². The number of hydrogen-bond donors (Lipinski definition) is 1. The Morgan fingerprint density at radius 3 is 2.54 bits per heavy atom. The summed E-state index contributed by atoms with van der Waals surface area (Å²) in [5.41, 5.74) is 8.01. The lowest BCUT2D eigenvalue weighted by molar-refractivity contribution is 0.498. The summed E-state index contributed by atoms with van der Waals surface area (Å²) >= 11 is 0. The molecular weight excluding hydrogens is 490 g/mol. The second kappa shape index (κ2) is 9.89. The van der Waals surface area contributed by atoms with E-state index in [4.69, 9.17) is 5.73 Å². The van der Waals surface area contributed by atoms with Crippen LogP contribution in [0.5, 0.6) is 0 Å². The van der Waals surface area contributed by atoms with E-state index in [1.807, 2.05) is 65.2 Å². The minimum Gasteiger partial charge on any atom is -0.355 e. The maximum absolute atomic E-state index is 14.2. The van der Waals surface area contributed by atoms with Gasteiger partial charge in [-0.1, -0.05) is 54.6 Å². The number of nitrogens with two attached hydrogens (primary N) is 1. The molecule has 1 fully saturated rings. The predicted molar refractivity (Wildman–Crippen MR) is 152 cm³/mol. The lowest BCUT2D eigenvalue weighted by Gasteiger charge is -2.33. The molecule has 1 saturated heterocycles. The molecule has 2 N–H and O–H groups in total. The molecule has 196 valence electrons. The van der Waals surface area contributed by atoms with Gasteiger partial charge in [-0.3, -0.25) is 18.9 Å². The third kappa shape index (κ3) is 4.19. The van der Waals surface area contributed by atoms with Gasteiger partial charge in [0.25, 0.3) is 5.56 Å². The molecule has 1 unspecified atom stereocenters. The fourth-order valence-electron chi connectivity index (χ4n) is 5.78. The van der Waals surface area contributed by atoms with Crippen molar-refractivity contribution in [1.82, 2.24) is 18.7 Å². The Labute approximate surface area is 225 Å².